The zero-order valence-electron chi connectivity index (χ0n) is 14.5. The molecule has 0 N–H and O–H groups in total. The number of nitro benzene ring substituents is 1. The molecule has 0 saturated heterocycles. The number of hydrogen-bond acceptors (Lipinski definition) is 11. The van der Waals surface area contributed by atoms with Crippen LogP contribution in [0.1, 0.15) is 0 Å². The molecule has 2 aromatic carbocycles. The van der Waals surface area contributed by atoms with Crippen molar-refractivity contribution in [1.82, 2.24) is 0 Å². The number of nitro groups is 1. The molecule has 28 heavy (non-hydrogen) atoms. The molecule has 0 aliphatic rings. The van der Waals surface area contributed by atoms with Crippen molar-refractivity contribution in [2.45, 2.75) is 14.7 Å². The fourth-order valence-corrected chi connectivity index (χ4v) is 4.09. The van der Waals surface area contributed by atoms with Gasteiger partial charge in [0.2, 0.25) is 0 Å². The fourth-order valence-electron chi connectivity index (χ4n) is 2.09. The number of nitrogens with zero attached hydrogens (tertiary/aromatic N) is 1. The summed E-state index contributed by atoms with van der Waals surface area (Å²) in [6.45, 7) is 0. The summed E-state index contributed by atoms with van der Waals surface area (Å²) in [5.41, 5.74) is -1.08. The normalized spacial score (nSPS) is 11.7. The second kappa shape index (κ2) is 10.4. The van der Waals surface area contributed by atoms with E-state index >= 15 is 0 Å². The van der Waals surface area contributed by atoms with Crippen LogP contribution in [0.15, 0.2) is 39.0 Å². The van der Waals surface area contributed by atoms with Gasteiger partial charge in [-0.05, 0) is 18.2 Å². The number of fused-ring (bicyclic) bond motifs is 1. The van der Waals surface area contributed by atoms with Crippen molar-refractivity contribution in [3.63, 3.8) is 0 Å². The van der Waals surface area contributed by atoms with E-state index in [2.05, 4.69) is 0 Å². The van der Waals surface area contributed by atoms with Crippen LogP contribution in [0.5, 0.6) is 0 Å². The number of hydrogen-bond donors (Lipinski definition) is 0. The molecular formula is C10H4NNa3O11S3. The molecule has 0 aliphatic carbocycles. The van der Waals surface area contributed by atoms with Gasteiger partial charge in [-0.1, -0.05) is 0 Å². The molecule has 0 atom stereocenters. The minimum absolute atomic E-state index is 0. The first-order chi connectivity index (χ1) is 11.1. The molecule has 12 nitrogen and oxygen atoms in total. The third-order valence-electron chi connectivity index (χ3n) is 3.01. The first-order valence-electron chi connectivity index (χ1n) is 5.77. The Hall–Kier alpha value is 0.830. The topological polar surface area (TPSA) is 215 Å². The van der Waals surface area contributed by atoms with Crippen LogP contribution < -0.4 is 88.7 Å². The Labute approximate surface area is 225 Å². The van der Waals surface area contributed by atoms with E-state index in [1.165, 1.54) is 0 Å². The van der Waals surface area contributed by atoms with Gasteiger partial charge >= 0.3 is 88.7 Å². The van der Waals surface area contributed by atoms with E-state index in [9.17, 15) is 49.0 Å². The van der Waals surface area contributed by atoms with Gasteiger partial charge in [0.15, 0.2) is 0 Å². The molecule has 0 fully saturated rings. The van der Waals surface area contributed by atoms with Gasteiger partial charge in [-0.3, -0.25) is 10.1 Å². The Morgan fingerprint density at radius 2 is 1.18 bits per heavy atom. The van der Waals surface area contributed by atoms with E-state index < -0.39 is 66.4 Å². The minimum Gasteiger partial charge on any atom is -0.744 e. The maximum atomic E-state index is 11.4. The summed E-state index contributed by atoms with van der Waals surface area (Å²) in [5.74, 6) is 0. The van der Waals surface area contributed by atoms with E-state index in [4.69, 9.17) is 0 Å². The molecule has 0 bridgehead atoms. The van der Waals surface area contributed by atoms with Crippen LogP contribution in [-0.4, -0.2) is 43.8 Å². The molecule has 2 rings (SSSR count). The monoisotopic (exact) mass is 479 g/mol. The maximum absolute atomic E-state index is 11.4. The standard InChI is InChI=1S/C10H7NO11S3.3Na/c12-11(13)7-1-2-8(24(17,18)19)6-3-5(23(14,15)16)4-9(10(6)7)25(20,21)22;;;/h1-4H,(H,14,15,16)(H,17,18,19)(H,20,21,22);;;/q;3*+1/p-3. The molecule has 0 spiro atoms. The summed E-state index contributed by atoms with van der Waals surface area (Å²) >= 11 is 0. The predicted octanol–water partition coefficient (Wildman–Crippen LogP) is -9.53. The molecule has 0 aliphatic heterocycles. The largest absolute Gasteiger partial charge is 1.00 e. The third-order valence-corrected chi connectivity index (χ3v) is 5.58. The van der Waals surface area contributed by atoms with E-state index in [-0.39, 0.29) is 101 Å². The molecule has 0 amide bonds. The van der Waals surface area contributed by atoms with Gasteiger partial charge in [-0.15, -0.1) is 0 Å². The fraction of sp³-hybridized carbons (Fsp3) is 0. The summed E-state index contributed by atoms with van der Waals surface area (Å²) in [6, 6.07) is 1.25. The van der Waals surface area contributed by atoms with Gasteiger partial charge < -0.3 is 13.7 Å². The number of benzene rings is 2. The summed E-state index contributed by atoms with van der Waals surface area (Å²) in [7, 11) is -16.3. The SMILES string of the molecule is O=[N+]([O-])c1ccc(S(=O)(=O)[O-])c2cc(S(=O)(=O)[O-])cc(S(=O)(=O)[O-])c12.[Na+].[Na+].[Na+]. The molecule has 0 aromatic heterocycles. The van der Waals surface area contributed by atoms with Crippen LogP contribution in [0.25, 0.3) is 10.8 Å². The van der Waals surface area contributed by atoms with Crippen LogP contribution >= 0.6 is 0 Å². The third kappa shape index (κ3) is 6.66. The van der Waals surface area contributed by atoms with Gasteiger partial charge in [-0.25, -0.2) is 25.3 Å². The van der Waals surface area contributed by atoms with Crippen LogP contribution in [-0.2, 0) is 30.4 Å². The molecule has 0 saturated carbocycles. The molecule has 136 valence electrons. The van der Waals surface area contributed by atoms with Crippen molar-refractivity contribution in [3.05, 3.63) is 34.4 Å². The van der Waals surface area contributed by atoms with Crippen LogP contribution in [0.3, 0.4) is 0 Å². The van der Waals surface area contributed by atoms with Crippen molar-refractivity contribution >= 4 is 46.8 Å². The van der Waals surface area contributed by atoms with Crippen molar-refractivity contribution < 1.29 is 133 Å². The molecule has 0 radical (unpaired) electrons. The van der Waals surface area contributed by atoms with Crippen LogP contribution in [0.2, 0.25) is 0 Å². The smallest absolute Gasteiger partial charge is 0.744 e. The second-order valence-corrected chi connectivity index (χ2v) is 8.62. The molecule has 2 aromatic rings. The van der Waals surface area contributed by atoms with E-state index in [1.54, 1.807) is 0 Å². The molecule has 18 heteroatoms. The number of non-ortho nitro benzene ring substituents is 1. The van der Waals surface area contributed by atoms with Crippen molar-refractivity contribution in [2.24, 2.45) is 0 Å². The summed E-state index contributed by atoms with van der Waals surface area (Å²) in [4.78, 5) is 5.76. The summed E-state index contributed by atoms with van der Waals surface area (Å²) in [5, 5.41) is 8.90. The summed E-state index contributed by atoms with van der Waals surface area (Å²) in [6.07, 6.45) is 0. The van der Waals surface area contributed by atoms with Crippen molar-refractivity contribution in [1.29, 1.82) is 0 Å². The first-order valence-corrected chi connectivity index (χ1v) is 9.99. The Morgan fingerprint density at radius 3 is 1.54 bits per heavy atom. The Bertz CT molecular complexity index is 1240. The zero-order chi connectivity index (χ0) is 19.4. The number of rotatable bonds is 4. The van der Waals surface area contributed by atoms with Crippen molar-refractivity contribution in [3.8, 4) is 0 Å². The average Bonchev–Trinajstić information content (AvgIpc) is 2.41. The van der Waals surface area contributed by atoms with Crippen LogP contribution in [0.4, 0.5) is 5.69 Å². The van der Waals surface area contributed by atoms with E-state index in [0.29, 0.717) is 12.1 Å². The van der Waals surface area contributed by atoms with Gasteiger partial charge in [0.25, 0.3) is 5.69 Å². The second-order valence-electron chi connectivity index (χ2n) is 4.55. The zero-order valence-corrected chi connectivity index (χ0v) is 22.9. The van der Waals surface area contributed by atoms with Gasteiger partial charge in [-0.2, -0.15) is 0 Å². The predicted molar refractivity (Wildman–Crippen MR) is 74.5 cm³/mol. The summed E-state index contributed by atoms with van der Waals surface area (Å²) < 4.78 is 101. The first kappa shape index (κ1) is 31.0. The van der Waals surface area contributed by atoms with Crippen LogP contribution in [0, 0.1) is 10.1 Å². The Balaban J connectivity index is 0. The molecule has 0 heterocycles. The quantitative estimate of drug-likeness (QED) is 0.174. The van der Waals surface area contributed by atoms with Gasteiger partial charge in [0.1, 0.15) is 30.4 Å². The minimum atomic E-state index is -5.59. The average molecular weight is 479 g/mol. The maximum Gasteiger partial charge on any atom is 1.00 e. The van der Waals surface area contributed by atoms with Gasteiger partial charge in [0, 0.05) is 11.5 Å². The van der Waals surface area contributed by atoms with Crippen molar-refractivity contribution in [2.75, 3.05) is 0 Å². The Morgan fingerprint density at radius 1 is 0.714 bits per heavy atom. The van der Waals surface area contributed by atoms with E-state index in [1.807, 2.05) is 0 Å². The van der Waals surface area contributed by atoms with E-state index in [0.717, 1.165) is 0 Å². The molecule has 0 unspecified atom stereocenters. The Kier molecular flexibility index (Phi) is 11.6. The van der Waals surface area contributed by atoms with Gasteiger partial charge in [0.05, 0.1) is 25.0 Å². The molecular weight excluding hydrogens is 475 g/mol.